The van der Waals surface area contributed by atoms with Crippen molar-refractivity contribution in [3.05, 3.63) is 22.7 Å². The van der Waals surface area contributed by atoms with Crippen LogP contribution in [0.3, 0.4) is 0 Å². The van der Waals surface area contributed by atoms with E-state index in [1.165, 1.54) is 12.8 Å². The average molecular weight is 264 g/mol. The van der Waals surface area contributed by atoms with Gasteiger partial charge in [-0.15, -0.1) is 0 Å². The second kappa shape index (κ2) is 6.70. The Hall–Kier alpha value is -1.36. The van der Waals surface area contributed by atoms with Gasteiger partial charge in [-0.3, -0.25) is 4.79 Å². The molecule has 5 nitrogen and oxygen atoms in total. The first-order valence-electron chi connectivity index (χ1n) is 7.25. The number of anilines is 1. The van der Waals surface area contributed by atoms with Crippen LogP contribution in [0.5, 0.6) is 0 Å². The normalized spacial score (nSPS) is 21.1. The maximum Gasteiger partial charge on any atom is 0.293 e. The zero-order chi connectivity index (χ0) is 13.7. The smallest absolute Gasteiger partial charge is 0.293 e. The molecule has 0 aromatic carbocycles. The van der Waals surface area contributed by atoms with Crippen LogP contribution >= 0.6 is 0 Å². The monoisotopic (exact) mass is 264 g/mol. The lowest BCUT2D eigenvalue weighted by Gasteiger charge is -2.29. The fourth-order valence-corrected chi connectivity index (χ4v) is 2.60. The molecule has 1 saturated heterocycles. The van der Waals surface area contributed by atoms with Gasteiger partial charge in [-0.2, -0.15) is 0 Å². The van der Waals surface area contributed by atoms with Gasteiger partial charge in [0, 0.05) is 25.0 Å². The Morgan fingerprint density at radius 3 is 3.16 bits per heavy atom. The predicted octanol–water partition coefficient (Wildman–Crippen LogP) is 1.45. The fraction of sp³-hybridized carbons (Fsp3) is 0.714. The van der Waals surface area contributed by atoms with Crippen molar-refractivity contribution >= 4 is 5.82 Å². The van der Waals surface area contributed by atoms with Gasteiger partial charge in [0.15, 0.2) is 5.82 Å². The Morgan fingerprint density at radius 2 is 2.47 bits per heavy atom. The largest absolute Gasteiger partial charge is 0.363 e. The number of rotatable bonds is 5. The van der Waals surface area contributed by atoms with Gasteiger partial charge in [-0.1, -0.05) is 6.92 Å². The highest BCUT2D eigenvalue weighted by molar-refractivity contribution is 5.32. The molecular weight excluding hydrogens is 240 g/mol. The van der Waals surface area contributed by atoms with E-state index >= 15 is 0 Å². The highest BCUT2D eigenvalue weighted by Gasteiger charge is 2.20. The molecule has 2 heterocycles. The van der Waals surface area contributed by atoms with Crippen LogP contribution < -0.4 is 16.2 Å². The summed E-state index contributed by atoms with van der Waals surface area (Å²) in [7, 11) is 0. The third-order valence-corrected chi connectivity index (χ3v) is 3.78. The van der Waals surface area contributed by atoms with Crippen LogP contribution in [0.4, 0.5) is 5.82 Å². The van der Waals surface area contributed by atoms with Crippen molar-refractivity contribution < 1.29 is 0 Å². The quantitative estimate of drug-likeness (QED) is 0.845. The summed E-state index contributed by atoms with van der Waals surface area (Å²) < 4.78 is 1.72. The number of piperidine rings is 1. The van der Waals surface area contributed by atoms with Crippen LogP contribution in [0.2, 0.25) is 0 Å². The summed E-state index contributed by atoms with van der Waals surface area (Å²) in [6.45, 7) is 7.07. The molecule has 2 unspecified atom stereocenters. The Morgan fingerprint density at radius 1 is 1.63 bits per heavy atom. The Labute approximate surface area is 114 Å². The first-order valence-corrected chi connectivity index (χ1v) is 7.25. The Balaban J connectivity index is 2.05. The third kappa shape index (κ3) is 3.56. The van der Waals surface area contributed by atoms with Crippen LogP contribution in [0.1, 0.15) is 33.1 Å². The van der Waals surface area contributed by atoms with Gasteiger partial charge in [0.1, 0.15) is 0 Å². The van der Waals surface area contributed by atoms with E-state index in [2.05, 4.69) is 29.5 Å². The molecule has 0 spiro atoms. The lowest BCUT2D eigenvalue weighted by Crippen LogP contribution is -2.40. The van der Waals surface area contributed by atoms with Gasteiger partial charge in [0.2, 0.25) is 0 Å². The second-order valence-electron chi connectivity index (χ2n) is 5.31. The minimum Gasteiger partial charge on any atom is -0.363 e. The average Bonchev–Trinajstić information content (AvgIpc) is 2.44. The van der Waals surface area contributed by atoms with E-state index in [0.29, 0.717) is 11.7 Å². The molecule has 1 aromatic rings. The zero-order valence-electron chi connectivity index (χ0n) is 11.9. The molecule has 2 N–H and O–H groups in total. The molecule has 1 fully saturated rings. The van der Waals surface area contributed by atoms with E-state index in [1.807, 2.05) is 0 Å². The molecule has 2 atom stereocenters. The number of nitrogens with zero attached hydrogens (tertiary/aromatic N) is 2. The van der Waals surface area contributed by atoms with Crippen LogP contribution in [0.15, 0.2) is 17.2 Å². The molecule has 1 aliphatic rings. The van der Waals surface area contributed by atoms with Crippen molar-refractivity contribution in [2.45, 2.75) is 45.7 Å². The molecule has 0 saturated carbocycles. The van der Waals surface area contributed by atoms with Crippen molar-refractivity contribution in [1.29, 1.82) is 0 Å². The molecule has 106 valence electrons. The maximum absolute atomic E-state index is 12.2. The van der Waals surface area contributed by atoms with Gasteiger partial charge in [-0.25, -0.2) is 4.98 Å². The number of aromatic nitrogens is 2. The second-order valence-corrected chi connectivity index (χ2v) is 5.31. The number of nitrogens with one attached hydrogen (secondary N) is 2. The van der Waals surface area contributed by atoms with Crippen molar-refractivity contribution in [3.63, 3.8) is 0 Å². The lowest BCUT2D eigenvalue weighted by atomic mass is 9.93. The predicted molar refractivity (Wildman–Crippen MR) is 77.5 cm³/mol. The van der Waals surface area contributed by atoms with Gasteiger partial charge in [0.25, 0.3) is 5.56 Å². The van der Waals surface area contributed by atoms with Crippen molar-refractivity contribution in [2.24, 2.45) is 5.92 Å². The topological polar surface area (TPSA) is 59.0 Å². The molecule has 1 aliphatic heterocycles. The standard InChI is InChI=1S/C14H24N4O/c1-3-8-18-9-7-16-13(14(18)19)17-11(2)12-5-4-6-15-10-12/h7,9,11-12,15H,3-6,8,10H2,1-2H3,(H,16,17). The van der Waals surface area contributed by atoms with Crippen molar-refractivity contribution in [2.75, 3.05) is 18.4 Å². The molecule has 5 heteroatoms. The van der Waals surface area contributed by atoms with Gasteiger partial charge >= 0.3 is 0 Å². The van der Waals surface area contributed by atoms with E-state index in [-0.39, 0.29) is 11.6 Å². The minimum absolute atomic E-state index is 0.0139. The molecule has 1 aromatic heterocycles. The first-order chi connectivity index (χ1) is 9.22. The van der Waals surface area contributed by atoms with E-state index in [0.717, 1.165) is 26.1 Å². The van der Waals surface area contributed by atoms with Gasteiger partial charge in [-0.05, 0) is 45.2 Å². The third-order valence-electron chi connectivity index (χ3n) is 3.78. The SMILES string of the molecule is CCCn1ccnc(NC(C)C2CCCNC2)c1=O. The minimum atomic E-state index is -0.0139. The van der Waals surface area contributed by atoms with Gasteiger partial charge in [0.05, 0.1) is 0 Å². The van der Waals surface area contributed by atoms with E-state index in [9.17, 15) is 4.79 Å². The van der Waals surface area contributed by atoms with Crippen LogP contribution in [-0.4, -0.2) is 28.7 Å². The molecular formula is C14H24N4O. The summed E-state index contributed by atoms with van der Waals surface area (Å²) in [4.78, 5) is 16.4. The number of aryl methyl sites for hydroxylation is 1. The lowest BCUT2D eigenvalue weighted by molar-refractivity contribution is 0.346. The summed E-state index contributed by atoms with van der Waals surface area (Å²) in [5.41, 5.74) is -0.0139. The number of hydrogen-bond acceptors (Lipinski definition) is 4. The van der Waals surface area contributed by atoms with Crippen molar-refractivity contribution in [3.8, 4) is 0 Å². The molecule has 2 rings (SSSR count). The number of hydrogen-bond donors (Lipinski definition) is 2. The molecule has 0 radical (unpaired) electrons. The van der Waals surface area contributed by atoms with Crippen LogP contribution in [0.25, 0.3) is 0 Å². The van der Waals surface area contributed by atoms with Crippen molar-refractivity contribution in [1.82, 2.24) is 14.9 Å². The fourth-order valence-electron chi connectivity index (χ4n) is 2.60. The molecule has 0 amide bonds. The molecule has 0 bridgehead atoms. The van der Waals surface area contributed by atoms with Crippen LogP contribution in [-0.2, 0) is 6.54 Å². The summed E-state index contributed by atoms with van der Waals surface area (Å²) in [6, 6.07) is 0.269. The zero-order valence-corrected chi connectivity index (χ0v) is 11.9. The van der Waals surface area contributed by atoms with E-state index in [4.69, 9.17) is 0 Å². The van der Waals surface area contributed by atoms with Gasteiger partial charge < -0.3 is 15.2 Å². The summed E-state index contributed by atoms with van der Waals surface area (Å²) in [5.74, 6) is 1.05. The summed E-state index contributed by atoms with van der Waals surface area (Å²) in [5, 5.41) is 6.70. The molecule has 0 aliphatic carbocycles. The van der Waals surface area contributed by atoms with E-state index < -0.39 is 0 Å². The first kappa shape index (κ1) is 14.1. The maximum atomic E-state index is 12.2. The highest BCUT2D eigenvalue weighted by atomic mass is 16.1. The summed E-state index contributed by atoms with van der Waals surface area (Å²) in [6.07, 6.45) is 6.82. The highest BCUT2D eigenvalue weighted by Crippen LogP contribution is 2.16. The molecule has 19 heavy (non-hydrogen) atoms. The summed E-state index contributed by atoms with van der Waals surface area (Å²) >= 11 is 0. The van der Waals surface area contributed by atoms with Crippen LogP contribution in [0, 0.1) is 5.92 Å². The van der Waals surface area contributed by atoms with E-state index in [1.54, 1.807) is 17.0 Å². The Kier molecular flexibility index (Phi) is 4.96. The Bertz CT molecular complexity index is 451.